The lowest BCUT2D eigenvalue weighted by Gasteiger charge is -2.15. The molecule has 1 heteroatoms. The minimum absolute atomic E-state index is 0.862. The molecule has 2 aromatic carbocycles. The number of para-hydroxylation sites is 1. The van der Waals surface area contributed by atoms with Crippen molar-refractivity contribution in [3.8, 4) is 11.1 Å². The maximum Gasteiger partial charge on any atom is 0.0458 e. The van der Waals surface area contributed by atoms with Gasteiger partial charge in [0.25, 0.3) is 0 Å². The molecular formula is C18H17N. The van der Waals surface area contributed by atoms with Crippen LogP contribution in [0.2, 0.25) is 0 Å². The highest BCUT2D eigenvalue weighted by Gasteiger charge is 2.08. The van der Waals surface area contributed by atoms with E-state index in [1.54, 1.807) is 0 Å². The number of hydrogen-bond donors (Lipinski definition) is 1. The summed E-state index contributed by atoms with van der Waals surface area (Å²) in [6.45, 7) is 0.862. The second-order valence-electron chi connectivity index (χ2n) is 4.65. The van der Waals surface area contributed by atoms with Gasteiger partial charge in [0.1, 0.15) is 0 Å². The normalized spacial score (nSPS) is 17.3. The Morgan fingerprint density at radius 2 is 1.63 bits per heavy atom. The van der Waals surface area contributed by atoms with Crippen LogP contribution in [0.15, 0.2) is 72.8 Å². The van der Waals surface area contributed by atoms with Gasteiger partial charge in [-0.05, 0) is 17.5 Å². The van der Waals surface area contributed by atoms with Crippen molar-refractivity contribution in [2.24, 2.45) is 0 Å². The van der Waals surface area contributed by atoms with Gasteiger partial charge in [0.05, 0.1) is 0 Å². The maximum absolute atomic E-state index is 3.55. The molecule has 0 saturated heterocycles. The number of nitrogens with one attached hydrogen (secondary N) is 1. The molecule has 3 rings (SSSR count). The van der Waals surface area contributed by atoms with Gasteiger partial charge in [-0.15, -0.1) is 0 Å². The predicted molar refractivity (Wildman–Crippen MR) is 82.4 cm³/mol. The molecule has 0 atom stereocenters. The largest absolute Gasteiger partial charge is 0.381 e. The fraction of sp³-hybridized carbons (Fsp3) is 0.111. The van der Waals surface area contributed by atoms with E-state index < -0.39 is 0 Å². The van der Waals surface area contributed by atoms with Gasteiger partial charge in [-0.1, -0.05) is 72.8 Å². The Kier molecular flexibility index (Phi) is 3.46. The lowest BCUT2D eigenvalue weighted by Crippen LogP contribution is -2.03. The van der Waals surface area contributed by atoms with Crippen molar-refractivity contribution in [1.82, 2.24) is 0 Å². The summed E-state index contributed by atoms with van der Waals surface area (Å²) < 4.78 is 0. The first kappa shape index (κ1) is 11.8. The van der Waals surface area contributed by atoms with E-state index in [0.717, 1.165) is 13.0 Å². The first-order valence-corrected chi connectivity index (χ1v) is 6.68. The van der Waals surface area contributed by atoms with Crippen molar-refractivity contribution < 1.29 is 0 Å². The smallest absolute Gasteiger partial charge is 0.0458 e. The van der Waals surface area contributed by atoms with Crippen LogP contribution in [0.5, 0.6) is 0 Å². The molecule has 19 heavy (non-hydrogen) atoms. The van der Waals surface area contributed by atoms with Crippen molar-refractivity contribution >= 4 is 5.69 Å². The highest BCUT2D eigenvalue weighted by Crippen LogP contribution is 2.31. The molecule has 0 aromatic heterocycles. The second kappa shape index (κ2) is 5.57. The average Bonchev–Trinajstić information content (AvgIpc) is 2.59. The summed E-state index contributed by atoms with van der Waals surface area (Å²) in [6, 6.07) is 17.1. The Bertz CT molecular complexity index is 609. The summed E-state index contributed by atoms with van der Waals surface area (Å²) in [7, 11) is 0. The molecule has 1 heterocycles. The summed E-state index contributed by atoms with van der Waals surface area (Å²) in [5, 5.41) is 3.55. The van der Waals surface area contributed by atoms with Gasteiger partial charge in [0, 0.05) is 17.8 Å². The van der Waals surface area contributed by atoms with Gasteiger partial charge in [-0.25, -0.2) is 0 Å². The van der Waals surface area contributed by atoms with Crippen LogP contribution >= 0.6 is 0 Å². The zero-order valence-corrected chi connectivity index (χ0v) is 10.8. The topological polar surface area (TPSA) is 12.0 Å². The summed E-state index contributed by atoms with van der Waals surface area (Å²) in [5.41, 5.74) is 5.15. The van der Waals surface area contributed by atoms with Crippen LogP contribution in [0, 0.1) is 0 Å². The van der Waals surface area contributed by atoms with E-state index in [1.807, 2.05) is 0 Å². The number of allylic oxidation sites excluding steroid dienone is 3. The highest BCUT2D eigenvalue weighted by atomic mass is 14.9. The van der Waals surface area contributed by atoms with Crippen LogP contribution in [-0.2, 0) is 6.42 Å². The predicted octanol–water partition coefficient (Wildman–Crippen LogP) is 4.43. The molecule has 0 saturated carbocycles. The van der Waals surface area contributed by atoms with Crippen molar-refractivity contribution in [3.05, 3.63) is 78.4 Å². The van der Waals surface area contributed by atoms with Gasteiger partial charge < -0.3 is 5.32 Å². The van der Waals surface area contributed by atoms with E-state index in [9.17, 15) is 0 Å². The van der Waals surface area contributed by atoms with Gasteiger partial charge in [0.15, 0.2) is 0 Å². The number of anilines is 1. The van der Waals surface area contributed by atoms with Crippen LogP contribution in [0.3, 0.4) is 0 Å². The summed E-state index contributed by atoms with van der Waals surface area (Å²) in [4.78, 5) is 0. The molecule has 0 spiro atoms. The fourth-order valence-corrected chi connectivity index (χ4v) is 2.42. The van der Waals surface area contributed by atoms with E-state index in [1.165, 1.54) is 22.4 Å². The number of hydrogen-bond acceptors (Lipinski definition) is 1. The van der Waals surface area contributed by atoms with Crippen LogP contribution in [0.4, 0.5) is 5.69 Å². The van der Waals surface area contributed by atoms with Crippen molar-refractivity contribution in [3.63, 3.8) is 0 Å². The molecular weight excluding hydrogens is 230 g/mol. The van der Waals surface area contributed by atoms with Crippen LogP contribution < -0.4 is 5.32 Å². The standard InChI is InChI=1S/C18H17N/c1-2-7-14-19-18-16(11-4-1)12-8-13-17(18)15-9-5-3-6-10-15/h1-10,12-13,19H,11,14H2/b4-1-,7-2-. The van der Waals surface area contributed by atoms with Crippen molar-refractivity contribution in [1.29, 1.82) is 0 Å². The molecule has 1 nitrogen and oxygen atoms in total. The van der Waals surface area contributed by atoms with Crippen LogP contribution in [0.25, 0.3) is 11.1 Å². The molecule has 0 unspecified atom stereocenters. The van der Waals surface area contributed by atoms with E-state index in [0.29, 0.717) is 0 Å². The lowest BCUT2D eigenvalue weighted by atomic mass is 9.98. The van der Waals surface area contributed by atoms with Gasteiger partial charge in [-0.2, -0.15) is 0 Å². The van der Waals surface area contributed by atoms with Crippen LogP contribution in [-0.4, -0.2) is 6.54 Å². The molecule has 1 N–H and O–H groups in total. The summed E-state index contributed by atoms with van der Waals surface area (Å²) in [5.74, 6) is 0. The minimum Gasteiger partial charge on any atom is -0.381 e. The van der Waals surface area contributed by atoms with Gasteiger partial charge in [-0.3, -0.25) is 0 Å². The van der Waals surface area contributed by atoms with Crippen LogP contribution in [0.1, 0.15) is 5.56 Å². The summed E-state index contributed by atoms with van der Waals surface area (Å²) in [6.07, 6.45) is 9.53. The molecule has 0 aliphatic carbocycles. The molecule has 0 amide bonds. The third-order valence-corrected chi connectivity index (χ3v) is 3.35. The molecule has 0 bridgehead atoms. The lowest BCUT2D eigenvalue weighted by molar-refractivity contribution is 1.24. The highest BCUT2D eigenvalue weighted by molar-refractivity contribution is 5.80. The summed E-state index contributed by atoms with van der Waals surface area (Å²) >= 11 is 0. The SMILES string of the molecule is C1=C\CNc2c(cccc2-c2ccccc2)C\C=C/1. The van der Waals surface area contributed by atoms with Crippen molar-refractivity contribution in [2.75, 3.05) is 11.9 Å². The zero-order valence-electron chi connectivity index (χ0n) is 10.8. The Morgan fingerprint density at radius 1 is 0.789 bits per heavy atom. The quantitative estimate of drug-likeness (QED) is 0.786. The molecule has 1 aliphatic heterocycles. The first-order chi connectivity index (χ1) is 9.45. The molecule has 94 valence electrons. The Hall–Kier alpha value is -2.28. The molecule has 2 aromatic rings. The fourth-order valence-electron chi connectivity index (χ4n) is 2.42. The first-order valence-electron chi connectivity index (χ1n) is 6.68. The number of rotatable bonds is 1. The Labute approximate surface area is 114 Å². The number of fused-ring (bicyclic) bond motifs is 1. The third-order valence-electron chi connectivity index (χ3n) is 3.35. The van der Waals surface area contributed by atoms with E-state index in [2.05, 4.69) is 78.2 Å². The molecule has 0 fully saturated rings. The van der Waals surface area contributed by atoms with Gasteiger partial charge in [0.2, 0.25) is 0 Å². The second-order valence-corrected chi connectivity index (χ2v) is 4.65. The monoisotopic (exact) mass is 247 g/mol. The van der Waals surface area contributed by atoms with Crippen molar-refractivity contribution in [2.45, 2.75) is 6.42 Å². The average molecular weight is 247 g/mol. The third kappa shape index (κ3) is 2.60. The molecule has 1 aliphatic rings. The molecule has 0 radical (unpaired) electrons. The Morgan fingerprint density at radius 3 is 2.53 bits per heavy atom. The Balaban J connectivity index is 2.09. The maximum atomic E-state index is 3.55. The van der Waals surface area contributed by atoms with E-state index in [-0.39, 0.29) is 0 Å². The van der Waals surface area contributed by atoms with E-state index >= 15 is 0 Å². The van der Waals surface area contributed by atoms with Gasteiger partial charge >= 0.3 is 0 Å². The zero-order chi connectivity index (χ0) is 12.9. The number of benzene rings is 2. The van der Waals surface area contributed by atoms with E-state index in [4.69, 9.17) is 0 Å². The minimum atomic E-state index is 0.862.